The Kier molecular flexibility index (Phi) is 6.62. The van der Waals surface area contributed by atoms with Gasteiger partial charge in [0.05, 0.1) is 17.6 Å². The van der Waals surface area contributed by atoms with E-state index in [9.17, 15) is 22.0 Å². The third kappa shape index (κ3) is 4.85. The molecule has 1 aromatic heterocycles. The van der Waals surface area contributed by atoms with Crippen LogP contribution in [0.15, 0.2) is 30.5 Å². The van der Waals surface area contributed by atoms with Gasteiger partial charge in [0.1, 0.15) is 10.8 Å². The summed E-state index contributed by atoms with van der Waals surface area (Å²) in [7, 11) is 1.47. The van der Waals surface area contributed by atoms with Gasteiger partial charge in [-0.15, -0.1) is 12.4 Å². The maximum absolute atomic E-state index is 13.9. The van der Waals surface area contributed by atoms with Crippen molar-refractivity contribution in [3.05, 3.63) is 47.1 Å². The molecule has 2 rings (SSSR count). The quantitative estimate of drug-likeness (QED) is 0.535. The number of benzene rings is 1. The molecule has 2 aromatic rings. The highest BCUT2D eigenvalue weighted by Gasteiger charge is 2.28. The first kappa shape index (κ1) is 20.2. The summed E-state index contributed by atoms with van der Waals surface area (Å²) in [5.41, 5.74) is 0.341. The van der Waals surface area contributed by atoms with Crippen molar-refractivity contribution in [1.29, 1.82) is 0 Å². The second-order valence-corrected chi connectivity index (χ2v) is 4.89. The molecule has 0 aliphatic rings. The molecule has 0 spiro atoms. The highest BCUT2D eigenvalue weighted by atomic mass is 35.5. The third-order valence-corrected chi connectivity index (χ3v) is 3.21. The average Bonchev–Trinajstić information content (AvgIpc) is 2.50. The van der Waals surface area contributed by atoms with E-state index in [2.05, 4.69) is 9.72 Å². The third-order valence-electron chi connectivity index (χ3n) is 2.87. The fourth-order valence-corrected chi connectivity index (χ4v) is 1.89. The lowest BCUT2D eigenvalue weighted by Crippen LogP contribution is -2.19. The fraction of sp³-hybridized carbons (Fsp3) is 0.214. The van der Waals surface area contributed by atoms with Gasteiger partial charge in [0, 0.05) is 13.1 Å². The molecule has 0 bridgehead atoms. The number of aromatic nitrogens is 1. The summed E-state index contributed by atoms with van der Waals surface area (Å²) in [6, 6.07) is 4.78. The van der Waals surface area contributed by atoms with Crippen LogP contribution in [-0.4, -0.2) is 24.8 Å². The Labute approximate surface area is 145 Å². The van der Waals surface area contributed by atoms with E-state index in [-0.39, 0.29) is 24.0 Å². The van der Waals surface area contributed by atoms with Gasteiger partial charge in [0.25, 0.3) is 0 Å². The maximum Gasteiger partial charge on any atom is 0.422 e. The molecule has 24 heavy (non-hydrogen) atoms. The van der Waals surface area contributed by atoms with Crippen LogP contribution in [0, 0.1) is 11.6 Å². The Bertz CT molecular complexity index is 695. The van der Waals surface area contributed by atoms with E-state index in [0.29, 0.717) is 5.69 Å². The molecule has 3 nitrogen and oxygen atoms in total. The normalized spacial score (nSPS) is 11.0. The Morgan fingerprint density at radius 1 is 1.17 bits per heavy atom. The maximum atomic E-state index is 13.9. The molecule has 0 aliphatic heterocycles. The van der Waals surface area contributed by atoms with Gasteiger partial charge in [-0.2, -0.15) is 13.2 Å². The van der Waals surface area contributed by atoms with Crippen molar-refractivity contribution in [2.45, 2.75) is 6.18 Å². The van der Waals surface area contributed by atoms with Gasteiger partial charge >= 0.3 is 6.18 Å². The molecule has 1 heterocycles. The van der Waals surface area contributed by atoms with Crippen LogP contribution < -0.4 is 9.64 Å². The molecule has 0 amide bonds. The lowest BCUT2D eigenvalue weighted by molar-refractivity contribution is -0.154. The standard InChI is InChI=1S/C14H10ClF5N2O.ClH/c1-22(10-4-3-9(16)12(15)13(10)17)8-2-5-11(21-6-8)23-7-14(18,19)20;/h2-6H,7H2,1H3;1H. The monoisotopic (exact) mass is 388 g/mol. The van der Waals surface area contributed by atoms with Crippen molar-refractivity contribution < 1.29 is 26.7 Å². The Balaban J connectivity index is 0.00000288. The topological polar surface area (TPSA) is 25.4 Å². The highest BCUT2D eigenvalue weighted by molar-refractivity contribution is 6.31. The van der Waals surface area contributed by atoms with Gasteiger partial charge in [-0.05, 0) is 18.2 Å². The zero-order valence-corrected chi connectivity index (χ0v) is 13.6. The first-order valence-electron chi connectivity index (χ1n) is 6.22. The SMILES string of the molecule is CN(c1ccc(OCC(F)(F)F)nc1)c1ccc(F)c(Cl)c1F.Cl. The summed E-state index contributed by atoms with van der Waals surface area (Å²) in [6.45, 7) is -1.46. The number of anilines is 2. The number of hydrogen-bond acceptors (Lipinski definition) is 3. The summed E-state index contributed by atoms with van der Waals surface area (Å²) in [4.78, 5) is 5.03. The largest absolute Gasteiger partial charge is 0.468 e. The summed E-state index contributed by atoms with van der Waals surface area (Å²) >= 11 is 5.50. The van der Waals surface area contributed by atoms with Crippen LogP contribution in [-0.2, 0) is 0 Å². The minimum atomic E-state index is -4.47. The van der Waals surface area contributed by atoms with Gasteiger partial charge in [-0.25, -0.2) is 13.8 Å². The van der Waals surface area contributed by atoms with Crippen LogP contribution in [0.4, 0.5) is 33.3 Å². The fourth-order valence-electron chi connectivity index (χ4n) is 1.73. The van der Waals surface area contributed by atoms with Gasteiger partial charge in [0.15, 0.2) is 12.4 Å². The number of halogens is 7. The molecule has 0 radical (unpaired) electrons. The van der Waals surface area contributed by atoms with E-state index in [1.807, 2.05) is 0 Å². The summed E-state index contributed by atoms with van der Waals surface area (Å²) in [6.07, 6.45) is -3.27. The van der Waals surface area contributed by atoms with Crippen molar-refractivity contribution in [1.82, 2.24) is 4.98 Å². The lowest BCUT2D eigenvalue weighted by Gasteiger charge is -2.20. The minimum absolute atomic E-state index is 0. The molecular weight excluding hydrogens is 378 g/mol. The molecule has 0 atom stereocenters. The van der Waals surface area contributed by atoms with Gasteiger partial charge in [0.2, 0.25) is 5.88 Å². The van der Waals surface area contributed by atoms with Crippen LogP contribution in [0.25, 0.3) is 0 Å². The number of alkyl halides is 3. The Hall–Kier alpha value is -1.80. The number of hydrogen-bond donors (Lipinski definition) is 0. The van der Waals surface area contributed by atoms with E-state index in [1.165, 1.54) is 36.3 Å². The van der Waals surface area contributed by atoms with Crippen molar-refractivity contribution in [2.24, 2.45) is 0 Å². The summed E-state index contributed by atoms with van der Waals surface area (Å²) in [5, 5.41) is -0.646. The van der Waals surface area contributed by atoms with Crippen molar-refractivity contribution in [2.75, 3.05) is 18.6 Å². The summed E-state index contributed by atoms with van der Waals surface area (Å²) in [5.74, 6) is -2.07. The van der Waals surface area contributed by atoms with Crippen LogP contribution >= 0.6 is 24.0 Å². The van der Waals surface area contributed by atoms with Crippen LogP contribution in [0.2, 0.25) is 5.02 Å². The molecule has 10 heteroatoms. The van der Waals surface area contributed by atoms with E-state index in [4.69, 9.17) is 11.6 Å². The number of rotatable bonds is 4. The minimum Gasteiger partial charge on any atom is -0.468 e. The number of ether oxygens (including phenoxy) is 1. The second kappa shape index (κ2) is 7.85. The molecule has 132 valence electrons. The molecule has 0 unspecified atom stereocenters. The first-order chi connectivity index (χ1) is 10.7. The molecule has 0 saturated carbocycles. The molecule has 0 saturated heterocycles. The van der Waals surface area contributed by atoms with Crippen LogP contribution in [0.5, 0.6) is 5.88 Å². The molecule has 0 N–H and O–H groups in total. The van der Waals surface area contributed by atoms with Crippen molar-refractivity contribution in [3.63, 3.8) is 0 Å². The van der Waals surface area contributed by atoms with E-state index in [1.54, 1.807) is 0 Å². The van der Waals surface area contributed by atoms with Gasteiger partial charge < -0.3 is 9.64 Å². The van der Waals surface area contributed by atoms with Crippen LogP contribution in [0.1, 0.15) is 0 Å². The second-order valence-electron chi connectivity index (χ2n) is 4.51. The van der Waals surface area contributed by atoms with Crippen LogP contribution in [0.3, 0.4) is 0 Å². The highest BCUT2D eigenvalue weighted by Crippen LogP contribution is 2.31. The lowest BCUT2D eigenvalue weighted by atomic mass is 10.2. The van der Waals surface area contributed by atoms with Gasteiger partial charge in [-0.3, -0.25) is 0 Å². The first-order valence-corrected chi connectivity index (χ1v) is 6.59. The number of nitrogens with zero attached hydrogens (tertiary/aromatic N) is 2. The molecule has 0 fully saturated rings. The van der Waals surface area contributed by atoms with E-state index >= 15 is 0 Å². The zero-order valence-electron chi connectivity index (χ0n) is 12.1. The Morgan fingerprint density at radius 2 is 1.83 bits per heavy atom. The number of pyridine rings is 1. The van der Waals surface area contributed by atoms with Crippen molar-refractivity contribution in [3.8, 4) is 5.88 Å². The molecule has 1 aromatic carbocycles. The van der Waals surface area contributed by atoms with E-state index < -0.39 is 29.4 Å². The predicted octanol–water partition coefficient (Wildman–Crippen LogP) is 5.14. The smallest absolute Gasteiger partial charge is 0.422 e. The Morgan fingerprint density at radius 3 is 2.38 bits per heavy atom. The van der Waals surface area contributed by atoms with Crippen molar-refractivity contribution >= 4 is 35.4 Å². The molecular formula is C14H11Cl2F5N2O. The average molecular weight is 389 g/mol. The molecule has 0 aliphatic carbocycles. The van der Waals surface area contributed by atoms with Gasteiger partial charge in [-0.1, -0.05) is 11.6 Å². The zero-order chi connectivity index (χ0) is 17.2. The summed E-state index contributed by atoms with van der Waals surface area (Å²) < 4.78 is 67.7. The predicted molar refractivity (Wildman–Crippen MR) is 82.5 cm³/mol. The van der Waals surface area contributed by atoms with E-state index in [0.717, 1.165) is 6.07 Å².